The zero-order chi connectivity index (χ0) is 21.9. The maximum absolute atomic E-state index is 11.9. The van der Waals surface area contributed by atoms with Crippen LogP contribution in [0.15, 0.2) is 79.0 Å². The summed E-state index contributed by atoms with van der Waals surface area (Å²) in [5, 5.41) is 13.5. The summed E-state index contributed by atoms with van der Waals surface area (Å²) >= 11 is 0. The minimum absolute atomic E-state index is 0.0864. The van der Waals surface area contributed by atoms with Gasteiger partial charge in [-0.1, -0.05) is 42.5 Å². The first kappa shape index (κ1) is 21.5. The molecule has 0 aliphatic heterocycles. The Hall–Kier alpha value is -4.20. The monoisotopic (exact) mass is 419 g/mol. The number of pyridine rings is 1. The van der Waals surface area contributed by atoms with E-state index in [0.29, 0.717) is 24.7 Å². The number of nitrogens with one attached hydrogen (secondary N) is 1. The summed E-state index contributed by atoms with van der Waals surface area (Å²) in [6.45, 7) is 0.919. The molecule has 158 valence electrons. The number of nitro groups is 1. The summed E-state index contributed by atoms with van der Waals surface area (Å²) in [7, 11) is 0. The maximum Gasteiger partial charge on any atom is 0.330 e. The maximum atomic E-state index is 11.9. The average molecular weight is 419 g/mol. The van der Waals surface area contributed by atoms with E-state index in [1.807, 2.05) is 54.6 Å². The summed E-state index contributed by atoms with van der Waals surface area (Å²) < 4.78 is 10.9. The summed E-state index contributed by atoms with van der Waals surface area (Å²) in [6.07, 6.45) is 4.16. The van der Waals surface area contributed by atoms with Crippen LogP contribution in [-0.4, -0.2) is 29.0 Å². The fourth-order valence-corrected chi connectivity index (χ4v) is 2.59. The van der Waals surface area contributed by atoms with Gasteiger partial charge in [0.2, 0.25) is 0 Å². The van der Waals surface area contributed by atoms with Crippen LogP contribution >= 0.6 is 0 Å². The van der Waals surface area contributed by atoms with Crippen molar-refractivity contribution in [3.05, 3.63) is 100 Å². The van der Waals surface area contributed by atoms with E-state index in [4.69, 9.17) is 9.47 Å². The van der Waals surface area contributed by atoms with Gasteiger partial charge in [-0.3, -0.25) is 10.1 Å². The highest BCUT2D eigenvalue weighted by atomic mass is 16.6. The molecule has 8 heteroatoms. The van der Waals surface area contributed by atoms with E-state index in [2.05, 4.69) is 10.3 Å². The molecule has 2 aromatic carbocycles. The van der Waals surface area contributed by atoms with Gasteiger partial charge in [0.1, 0.15) is 31.0 Å². The normalized spacial score (nSPS) is 10.6. The van der Waals surface area contributed by atoms with Crippen LogP contribution in [0.5, 0.6) is 5.75 Å². The van der Waals surface area contributed by atoms with Gasteiger partial charge in [0, 0.05) is 12.1 Å². The zero-order valence-electron chi connectivity index (χ0n) is 16.6. The van der Waals surface area contributed by atoms with Crippen molar-refractivity contribution in [2.24, 2.45) is 0 Å². The lowest BCUT2D eigenvalue weighted by Crippen LogP contribution is -2.13. The SMILES string of the molecule is O=C(/C=C/c1cccc(OCc2ccccc2)c1)OCCNc1ccc([N+](=O)[O-])cn1. The number of hydrogen-bond acceptors (Lipinski definition) is 7. The lowest BCUT2D eigenvalue weighted by Gasteiger charge is -2.07. The molecule has 0 radical (unpaired) electrons. The van der Waals surface area contributed by atoms with E-state index in [1.54, 1.807) is 6.08 Å². The van der Waals surface area contributed by atoms with Crippen molar-refractivity contribution in [2.75, 3.05) is 18.5 Å². The lowest BCUT2D eigenvalue weighted by atomic mass is 10.2. The first-order valence-electron chi connectivity index (χ1n) is 9.56. The van der Waals surface area contributed by atoms with Crippen molar-refractivity contribution >= 4 is 23.6 Å². The van der Waals surface area contributed by atoms with E-state index in [-0.39, 0.29) is 12.3 Å². The highest BCUT2D eigenvalue weighted by Crippen LogP contribution is 2.16. The molecule has 31 heavy (non-hydrogen) atoms. The standard InChI is InChI=1S/C23H21N3O5/c27-23(30-14-13-24-22-11-10-20(16-25-22)26(28)29)12-9-18-7-4-8-21(15-18)31-17-19-5-2-1-3-6-19/h1-12,15-16H,13-14,17H2,(H,24,25)/b12-9+. The van der Waals surface area contributed by atoms with Gasteiger partial charge in [-0.25, -0.2) is 9.78 Å². The van der Waals surface area contributed by atoms with Crippen molar-refractivity contribution < 1.29 is 19.2 Å². The molecule has 1 N–H and O–H groups in total. The summed E-state index contributed by atoms with van der Waals surface area (Å²) in [5.41, 5.74) is 1.80. The minimum atomic E-state index is -0.518. The van der Waals surface area contributed by atoms with Crippen LogP contribution in [0.25, 0.3) is 6.08 Å². The van der Waals surface area contributed by atoms with E-state index in [1.165, 1.54) is 18.2 Å². The molecule has 0 saturated carbocycles. The van der Waals surface area contributed by atoms with Gasteiger partial charge in [0.05, 0.1) is 11.5 Å². The molecule has 0 aliphatic carbocycles. The molecule has 8 nitrogen and oxygen atoms in total. The number of rotatable bonds is 10. The van der Waals surface area contributed by atoms with Crippen LogP contribution in [0, 0.1) is 10.1 Å². The summed E-state index contributed by atoms with van der Waals surface area (Å²) in [5.74, 6) is 0.692. The van der Waals surface area contributed by atoms with Crippen LogP contribution in [0.3, 0.4) is 0 Å². The van der Waals surface area contributed by atoms with Gasteiger partial charge in [-0.2, -0.15) is 0 Å². The third kappa shape index (κ3) is 7.28. The number of nitrogens with zero attached hydrogens (tertiary/aromatic N) is 2. The highest BCUT2D eigenvalue weighted by molar-refractivity contribution is 5.87. The summed E-state index contributed by atoms with van der Waals surface area (Å²) in [6, 6.07) is 20.1. The molecule has 3 rings (SSSR count). The molecule has 1 aromatic heterocycles. The van der Waals surface area contributed by atoms with E-state index in [9.17, 15) is 14.9 Å². The van der Waals surface area contributed by atoms with Crippen LogP contribution in [0.2, 0.25) is 0 Å². The fraction of sp³-hybridized carbons (Fsp3) is 0.130. The first-order valence-corrected chi connectivity index (χ1v) is 9.56. The minimum Gasteiger partial charge on any atom is -0.489 e. The molecule has 0 saturated heterocycles. The second kappa shape index (κ2) is 11.1. The van der Waals surface area contributed by atoms with Crippen molar-refractivity contribution in [1.82, 2.24) is 4.98 Å². The topological polar surface area (TPSA) is 104 Å². The van der Waals surface area contributed by atoms with Gasteiger partial charge >= 0.3 is 5.97 Å². The van der Waals surface area contributed by atoms with E-state index < -0.39 is 10.9 Å². The van der Waals surface area contributed by atoms with E-state index >= 15 is 0 Å². The molecule has 0 fully saturated rings. The number of anilines is 1. The quantitative estimate of drug-likeness (QED) is 0.172. The van der Waals surface area contributed by atoms with Crippen molar-refractivity contribution in [1.29, 1.82) is 0 Å². The van der Waals surface area contributed by atoms with Crippen molar-refractivity contribution in [3.8, 4) is 5.75 Å². The Morgan fingerprint density at radius 3 is 2.68 bits per heavy atom. The molecule has 0 unspecified atom stereocenters. The Morgan fingerprint density at radius 2 is 1.94 bits per heavy atom. The van der Waals surface area contributed by atoms with Gasteiger partial charge in [0.25, 0.3) is 5.69 Å². The molecule has 0 atom stereocenters. The molecule has 0 amide bonds. The number of carbonyl (C=O) groups excluding carboxylic acids is 1. The van der Waals surface area contributed by atoms with Gasteiger partial charge in [-0.05, 0) is 35.4 Å². The predicted octanol–water partition coefficient (Wildman–Crippen LogP) is 4.24. The summed E-state index contributed by atoms with van der Waals surface area (Å²) in [4.78, 5) is 25.9. The lowest BCUT2D eigenvalue weighted by molar-refractivity contribution is -0.385. The Bertz CT molecular complexity index is 1040. The Kier molecular flexibility index (Phi) is 7.70. The molecular weight excluding hydrogens is 398 g/mol. The van der Waals surface area contributed by atoms with Crippen LogP contribution < -0.4 is 10.1 Å². The zero-order valence-corrected chi connectivity index (χ0v) is 16.6. The molecule has 3 aromatic rings. The second-order valence-electron chi connectivity index (χ2n) is 6.43. The van der Waals surface area contributed by atoms with Crippen molar-refractivity contribution in [2.45, 2.75) is 6.61 Å². The second-order valence-corrected chi connectivity index (χ2v) is 6.43. The fourth-order valence-electron chi connectivity index (χ4n) is 2.59. The third-order valence-electron chi connectivity index (χ3n) is 4.13. The molecule has 1 heterocycles. The number of ether oxygens (including phenoxy) is 2. The van der Waals surface area contributed by atoms with Crippen molar-refractivity contribution in [3.63, 3.8) is 0 Å². The van der Waals surface area contributed by atoms with E-state index in [0.717, 1.165) is 17.3 Å². The average Bonchev–Trinajstić information content (AvgIpc) is 2.80. The number of esters is 1. The first-order chi connectivity index (χ1) is 15.1. The Balaban J connectivity index is 1.40. The Labute approximate surface area is 179 Å². The number of hydrogen-bond donors (Lipinski definition) is 1. The number of aromatic nitrogens is 1. The molecular formula is C23H21N3O5. The van der Waals surface area contributed by atoms with Gasteiger partial charge in [0.15, 0.2) is 0 Å². The van der Waals surface area contributed by atoms with Gasteiger partial charge in [-0.15, -0.1) is 0 Å². The van der Waals surface area contributed by atoms with Crippen LogP contribution in [-0.2, 0) is 16.1 Å². The van der Waals surface area contributed by atoms with Gasteiger partial charge < -0.3 is 14.8 Å². The highest BCUT2D eigenvalue weighted by Gasteiger charge is 2.05. The molecule has 0 aliphatic rings. The molecule has 0 bridgehead atoms. The largest absolute Gasteiger partial charge is 0.489 e. The molecule has 0 spiro atoms. The van der Waals surface area contributed by atoms with Crippen LogP contribution in [0.4, 0.5) is 11.5 Å². The number of benzene rings is 2. The van der Waals surface area contributed by atoms with Crippen LogP contribution in [0.1, 0.15) is 11.1 Å². The third-order valence-corrected chi connectivity index (χ3v) is 4.13. The predicted molar refractivity (Wildman–Crippen MR) is 117 cm³/mol. The Morgan fingerprint density at radius 1 is 1.10 bits per heavy atom. The number of carbonyl (C=O) groups is 1. The smallest absolute Gasteiger partial charge is 0.330 e.